The largest absolute Gasteiger partial charge is 0.309 e. The SMILES string of the molecule is CC(C)CC(=O)C1=CCNC1. The zero-order valence-corrected chi connectivity index (χ0v) is 7.18. The van der Waals surface area contributed by atoms with Crippen LogP contribution in [0.3, 0.4) is 0 Å². The first kappa shape index (κ1) is 8.47. The van der Waals surface area contributed by atoms with Crippen LogP contribution in [0.25, 0.3) is 0 Å². The van der Waals surface area contributed by atoms with E-state index in [0.29, 0.717) is 18.1 Å². The van der Waals surface area contributed by atoms with Crippen molar-refractivity contribution in [3.05, 3.63) is 11.6 Å². The van der Waals surface area contributed by atoms with Crippen molar-refractivity contribution in [1.82, 2.24) is 5.32 Å². The summed E-state index contributed by atoms with van der Waals surface area (Å²) in [5.74, 6) is 0.786. The van der Waals surface area contributed by atoms with Gasteiger partial charge in [-0.1, -0.05) is 19.9 Å². The molecule has 11 heavy (non-hydrogen) atoms. The molecule has 2 nitrogen and oxygen atoms in total. The van der Waals surface area contributed by atoms with Crippen LogP contribution in [-0.4, -0.2) is 18.9 Å². The van der Waals surface area contributed by atoms with E-state index >= 15 is 0 Å². The Morgan fingerprint density at radius 3 is 2.91 bits per heavy atom. The Hall–Kier alpha value is -0.630. The van der Waals surface area contributed by atoms with Crippen LogP contribution in [0.2, 0.25) is 0 Å². The second-order valence-corrected chi connectivity index (χ2v) is 3.38. The summed E-state index contributed by atoms with van der Waals surface area (Å²) >= 11 is 0. The van der Waals surface area contributed by atoms with E-state index < -0.39 is 0 Å². The van der Waals surface area contributed by atoms with Crippen LogP contribution in [0, 0.1) is 5.92 Å². The van der Waals surface area contributed by atoms with Crippen molar-refractivity contribution in [3.8, 4) is 0 Å². The van der Waals surface area contributed by atoms with E-state index in [0.717, 1.165) is 18.7 Å². The lowest BCUT2D eigenvalue weighted by Gasteiger charge is -2.03. The Morgan fingerprint density at radius 2 is 2.45 bits per heavy atom. The standard InChI is InChI=1S/C9H15NO/c1-7(2)5-9(11)8-3-4-10-6-8/h3,7,10H,4-6H2,1-2H3. The molecule has 0 bridgehead atoms. The summed E-state index contributed by atoms with van der Waals surface area (Å²) < 4.78 is 0. The molecule has 62 valence electrons. The van der Waals surface area contributed by atoms with Gasteiger partial charge in [0.15, 0.2) is 5.78 Å². The molecule has 2 heteroatoms. The molecule has 0 aromatic heterocycles. The van der Waals surface area contributed by atoms with Crippen molar-refractivity contribution in [2.75, 3.05) is 13.1 Å². The Labute approximate surface area is 67.7 Å². The molecule has 0 spiro atoms. The van der Waals surface area contributed by atoms with Gasteiger partial charge in [-0.3, -0.25) is 4.79 Å². The van der Waals surface area contributed by atoms with Crippen LogP contribution in [0.1, 0.15) is 20.3 Å². The molecule has 1 rings (SSSR count). The van der Waals surface area contributed by atoms with Gasteiger partial charge in [-0.2, -0.15) is 0 Å². The van der Waals surface area contributed by atoms with Crippen molar-refractivity contribution in [1.29, 1.82) is 0 Å². The minimum Gasteiger partial charge on any atom is -0.309 e. The number of Topliss-reactive ketones (excluding diaryl/α,β-unsaturated/α-hetero) is 1. The van der Waals surface area contributed by atoms with Gasteiger partial charge in [-0.15, -0.1) is 0 Å². The van der Waals surface area contributed by atoms with Crippen molar-refractivity contribution >= 4 is 5.78 Å². The van der Waals surface area contributed by atoms with Gasteiger partial charge >= 0.3 is 0 Å². The first-order valence-corrected chi connectivity index (χ1v) is 4.13. The predicted molar refractivity (Wildman–Crippen MR) is 45.4 cm³/mol. The highest BCUT2D eigenvalue weighted by Gasteiger charge is 2.13. The van der Waals surface area contributed by atoms with Gasteiger partial charge in [0.25, 0.3) is 0 Å². The monoisotopic (exact) mass is 153 g/mol. The number of carbonyl (C=O) groups excluding carboxylic acids is 1. The summed E-state index contributed by atoms with van der Waals surface area (Å²) in [6, 6.07) is 0. The third-order valence-corrected chi connectivity index (χ3v) is 1.76. The molecule has 1 heterocycles. The van der Waals surface area contributed by atoms with E-state index in [2.05, 4.69) is 19.2 Å². The Balaban J connectivity index is 2.41. The summed E-state index contributed by atoms with van der Waals surface area (Å²) in [4.78, 5) is 11.3. The highest BCUT2D eigenvalue weighted by atomic mass is 16.1. The molecule has 0 amide bonds. The summed E-state index contributed by atoms with van der Waals surface area (Å²) in [5.41, 5.74) is 0.971. The Bertz CT molecular complexity index is 182. The molecule has 1 aliphatic rings. The average Bonchev–Trinajstić information content (AvgIpc) is 2.35. The van der Waals surface area contributed by atoms with Gasteiger partial charge in [0, 0.05) is 25.1 Å². The van der Waals surface area contributed by atoms with Gasteiger partial charge in [0.1, 0.15) is 0 Å². The molecule has 0 saturated carbocycles. The number of ketones is 1. The quantitative estimate of drug-likeness (QED) is 0.658. The molecule has 0 aliphatic carbocycles. The van der Waals surface area contributed by atoms with E-state index in [1.54, 1.807) is 0 Å². The number of carbonyl (C=O) groups is 1. The first-order chi connectivity index (χ1) is 5.20. The van der Waals surface area contributed by atoms with Crippen LogP contribution < -0.4 is 5.32 Å². The van der Waals surface area contributed by atoms with E-state index in [9.17, 15) is 4.79 Å². The fourth-order valence-corrected chi connectivity index (χ4v) is 1.19. The van der Waals surface area contributed by atoms with Crippen LogP contribution in [0.4, 0.5) is 0 Å². The maximum atomic E-state index is 11.3. The second-order valence-electron chi connectivity index (χ2n) is 3.38. The molecule has 0 saturated heterocycles. The summed E-state index contributed by atoms with van der Waals surface area (Å²) in [7, 11) is 0. The molecule has 0 aromatic carbocycles. The van der Waals surface area contributed by atoms with E-state index in [-0.39, 0.29) is 0 Å². The molecular formula is C9H15NO. The van der Waals surface area contributed by atoms with Crippen molar-refractivity contribution in [2.45, 2.75) is 20.3 Å². The van der Waals surface area contributed by atoms with Crippen LogP contribution >= 0.6 is 0 Å². The van der Waals surface area contributed by atoms with E-state index in [1.807, 2.05) is 6.08 Å². The normalized spacial score (nSPS) is 17.2. The minimum absolute atomic E-state index is 0.310. The van der Waals surface area contributed by atoms with Crippen molar-refractivity contribution in [3.63, 3.8) is 0 Å². The number of rotatable bonds is 3. The molecule has 1 aliphatic heterocycles. The second kappa shape index (κ2) is 3.67. The minimum atomic E-state index is 0.310. The smallest absolute Gasteiger partial charge is 0.160 e. The third kappa shape index (κ3) is 2.46. The van der Waals surface area contributed by atoms with E-state index in [4.69, 9.17) is 0 Å². The van der Waals surface area contributed by atoms with Gasteiger partial charge in [0.2, 0.25) is 0 Å². The zero-order chi connectivity index (χ0) is 8.27. The lowest BCUT2D eigenvalue weighted by atomic mass is 10.0. The summed E-state index contributed by atoms with van der Waals surface area (Å²) in [6.45, 7) is 5.77. The van der Waals surface area contributed by atoms with Crippen LogP contribution in [0.15, 0.2) is 11.6 Å². The molecule has 1 N–H and O–H groups in total. The fraction of sp³-hybridized carbons (Fsp3) is 0.667. The third-order valence-electron chi connectivity index (χ3n) is 1.76. The average molecular weight is 153 g/mol. The highest BCUT2D eigenvalue weighted by Crippen LogP contribution is 2.08. The molecule has 0 unspecified atom stereocenters. The van der Waals surface area contributed by atoms with Crippen molar-refractivity contribution < 1.29 is 4.79 Å². The summed E-state index contributed by atoms with van der Waals surface area (Å²) in [5, 5.41) is 3.11. The maximum absolute atomic E-state index is 11.3. The molecule has 0 atom stereocenters. The Kier molecular flexibility index (Phi) is 2.83. The van der Waals surface area contributed by atoms with E-state index in [1.165, 1.54) is 0 Å². The number of hydrogen-bond acceptors (Lipinski definition) is 2. The number of hydrogen-bond donors (Lipinski definition) is 1. The maximum Gasteiger partial charge on any atom is 0.160 e. The predicted octanol–water partition coefficient (Wildman–Crippen LogP) is 1.13. The van der Waals surface area contributed by atoms with Gasteiger partial charge in [-0.05, 0) is 5.92 Å². The Morgan fingerprint density at radius 1 is 1.73 bits per heavy atom. The van der Waals surface area contributed by atoms with Crippen LogP contribution in [-0.2, 0) is 4.79 Å². The van der Waals surface area contributed by atoms with Gasteiger partial charge in [0.05, 0.1) is 0 Å². The first-order valence-electron chi connectivity index (χ1n) is 4.13. The molecular weight excluding hydrogens is 138 g/mol. The molecule has 0 fully saturated rings. The molecule has 0 radical (unpaired) electrons. The highest BCUT2D eigenvalue weighted by molar-refractivity contribution is 5.96. The van der Waals surface area contributed by atoms with Crippen LogP contribution in [0.5, 0.6) is 0 Å². The van der Waals surface area contributed by atoms with Crippen molar-refractivity contribution in [2.24, 2.45) is 5.92 Å². The summed E-state index contributed by atoms with van der Waals surface area (Å²) in [6.07, 6.45) is 2.68. The van der Waals surface area contributed by atoms with Gasteiger partial charge < -0.3 is 5.32 Å². The van der Waals surface area contributed by atoms with Gasteiger partial charge in [-0.25, -0.2) is 0 Å². The number of nitrogens with one attached hydrogen (secondary N) is 1. The topological polar surface area (TPSA) is 29.1 Å². The lowest BCUT2D eigenvalue weighted by molar-refractivity contribution is -0.116. The zero-order valence-electron chi connectivity index (χ0n) is 7.18. The lowest BCUT2D eigenvalue weighted by Crippen LogP contribution is -2.13. The molecule has 0 aromatic rings. The fourth-order valence-electron chi connectivity index (χ4n) is 1.19.